The van der Waals surface area contributed by atoms with E-state index < -0.39 is 11.2 Å². The van der Waals surface area contributed by atoms with Gasteiger partial charge >= 0.3 is 0 Å². The summed E-state index contributed by atoms with van der Waals surface area (Å²) >= 11 is 5.86. The van der Waals surface area contributed by atoms with Crippen molar-refractivity contribution in [3.05, 3.63) is 65.2 Å². The Bertz CT molecular complexity index is 712. The van der Waals surface area contributed by atoms with Crippen molar-refractivity contribution in [3.63, 3.8) is 0 Å². The van der Waals surface area contributed by atoms with E-state index in [0.29, 0.717) is 17.2 Å². The normalized spacial score (nSPS) is 13.7. The summed E-state index contributed by atoms with van der Waals surface area (Å²) in [5.74, 6) is 0.276. The lowest BCUT2D eigenvalue weighted by Crippen LogP contribution is -2.51. The monoisotopic (exact) mass is 375 g/mol. The first kappa shape index (κ1) is 20.3. The zero-order valence-corrected chi connectivity index (χ0v) is 16.2. The summed E-state index contributed by atoms with van der Waals surface area (Å²) in [6, 6.07) is 16.8. The Morgan fingerprint density at radius 3 is 2.31 bits per heavy atom. The van der Waals surface area contributed by atoms with Crippen LogP contribution in [0.5, 0.6) is 5.75 Å². The minimum Gasteiger partial charge on any atom is -0.478 e. The minimum absolute atomic E-state index is 0.159. The van der Waals surface area contributed by atoms with Crippen LogP contribution in [0, 0.1) is 0 Å². The Kier molecular flexibility index (Phi) is 6.68. The van der Waals surface area contributed by atoms with Crippen LogP contribution in [0.1, 0.15) is 32.8 Å². The van der Waals surface area contributed by atoms with Crippen molar-refractivity contribution in [2.75, 3.05) is 6.54 Å². The molecule has 4 nitrogen and oxygen atoms in total. The maximum atomic E-state index is 12.5. The van der Waals surface area contributed by atoms with E-state index in [1.165, 1.54) is 0 Å². The highest BCUT2D eigenvalue weighted by atomic mass is 35.5. The largest absolute Gasteiger partial charge is 0.478 e. The summed E-state index contributed by atoms with van der Waals surface area (Å²) in [6.45, 7) is 5.26. The number of nitrogens with one attached hydrogen (secondary N) is 1. The number of amides is 1. The molecule has 0 saturated heterocycles. The maximum absolute atomic E-state index is 12.5. The van der Waals surface area contributed by atoms with Gasteiger partial charge in [-0.25, -0.2) is 0 Å². The second-order valence-electron chi connectivity index (χ2n) is 7.23. The van der Waals surface area contributed by atoms with Crippen molar-refractivity contribution in [3.8, 4) is 5.75 Å². The smallest absolute Gasteiger partial charge is 0.263 e. The molecule has 0 saturated carbocycles. The Balaban J connectivity index is 1.85. The Morgan fingerprint density at radius 1 is 1.08 bits per heavy atom. The average molecular weight is 376 g/mol. The van der Waals surface area contributed by atoms with Crippen LogP contribution < -0.4 is 10.1 Å². The van der Waals surface area contributed by atoms with Crippen LogP contribution >= 0.6 is 11.6 Å². The molecule has 0 spiro atoms. The number of aliphatic hydroxyl groups is 1. The topological polar surface area (TPSA) is 58.6 Å². The van der Waals surface area contributed by atoms with Crippen LogP contribution in [-0.4, -0.2) is 28.8 Å². The van der Waals surface area contributed by atoms with Crippen LogP contribution in [0.3, 0.4) is 0 Å². The highest BCUT2D eigenvalue weighted by molar-refractivity contribution is 6.30. The van der Waals surface area contributed by atoms with Gasteiger partial charge in [-0.2, -0.15) is 0 Å². The van der Waals surface area contributed by atoms with E-state index in [2.05, 4.69) is 5.32 Å². The van der Waals surface area contributed by atoms with Crippen LogP contribution in [0.4, 0.5) is 0 Å². The second kappa shape index (κ2) is 8.56. The van der Waals surface area contributed by atoms with Gasteiger partial charge in [0.2, 0.25) is 0 Å². The molecule has 0 aromatic heterocycles. The quantitative estimate of drug-likeness (QED) is 0.733. The third kappa shape index (κ3) is 6.36. The average Bonchev–Trinajstić information content (AvgIpc) is 2.61. The lowest BCUT2D eigenvalue weighted by molar-refractivity contribution is -0.135. The third-order valence-corrected chi connectivity index (χ3v) is 4.41. The molecular formula is C21H26ClNO3. The van der Waals surface area contributed by atoms with Crippen LogP contribution in [0.25, 0.3) is 0 Å². The van der Waals surface area contributed by atoms with E-state index in [-0.39, 0.29) is 12.5 Å². The molecule has 1 amide bonds. The summed E-state index contributed by atoms with van der Waals surface area (Å²) in [5, 5.41) is 13.9. The summed E-state index contributed by atoms with van der Waals surface area (Å²) < 4.78 is 5.76. The molecule has 0 heterocycles. The molecule has 0 aliphatic rings. The first-order valence-corrected chi connectivity index (χ1v) is 9.05. The number of rotatable bonds is 8. The predicted octanol–water partition coefficient (Wildman–Crippen LogP) is 4.00. The molecule has 0 aliphatic heterocycles. The number of hydrogen-bond donors (Lipinski definition) is 2. The Labute approximate surface area is 160 Å². The van der Waals surface area contributed by atoms with Crippen molar-refractivity contribution in [1.82, 2.24) is 5.32 Å². The van der Waals surface area contributed by atoms with Crippen molar-refractivity contribution in [2.45, 2.75) is 44.8 Å². The molecule has 1 atom stereocenters. The van der Waals surface area contributed by atoms with Crippen LogP contribution in [0.15, 0.2) is 54.6 Å². The van der Waals surface area contributed by atoms with E-state index in [1.807, 2.05) is 30.3 Å². The van der Waals surface area contributed by atoms with E-state index in [9.17, 15) is 9.90 Å². The molecule has 2 rings (SSSR count). The van der Waals surface area contributed by atoms with Gasteiger partial charge in [-0.15, -0.1) is 0 Å². The molecule has 0 radical (unpaired) electrons. The number of carbonyl (C=O) groups is 1. The van der Waals surface area contributed by atoms with Gasteiger partial charge in [0.05, 0.1) is 5.60 Å². The zero-order chi connectivity index (χ0) is 19.2. The van der Waals surface area contributed by atoms with Gasteiger partial charge in [0.25, 0.3) is 5.91 Å². The molecular weight excluding hydrogens is 350 g/mol. The molecule has 140 valence electrons. The van der Waals surface area contributed by atoms with E-state index >= 15 is 0 Å². The SMILES string of the molecule is CC(O)(CCc1ccccc1)CNC(=O)C(C)(C)Oc1ccc(Cl)cc1. The summed E-state index contributed by atoms with van der Waals surface area (Å²) in [7, 11) is 0. The fourth-order valence-corrected chi connectivity index (χ4v) is 2.60. The lowest BCUT2D eigenvalue weighted by Gasteiger charge is -2.29. The van der Waals surface area contributed by atoms with Gasteiger partial charge in [-0.3, -0.25) is 4.79 Å². The van der Waals surface area contributed by atoms with Gasteiger partial charge in [-0.1, -0.05) is 41.9 Å². The summed E-state index contributed by atoms with van der Waals surface area (Å²) in [4.78, 5) is 12.5. The molecule has 2 aromatic rings. The van der Waals surface area contributed by atoms with E-state index in [4.69, 9.17) is 16.3 Å². The third-order valence-electron chi connectivity index (χ3n) is 4.16. The number of carbonyl (C=O) groups excluding carboxylic acids is 1. The first-order chi connectivity index (χ1) is 12.2. The van der Waals surface area contributed by atoms with E-state index in [1.54, 1.807) is 45.0 Å². The molecule has 0 bridgehead atoms. The maximum Gasteiger partial charge on any atom is 0.263 e. The molecule has 26 heavy (non-hydrogen) atoms. The number of halogens is 1. The van der Waals surface area contributed by atoms with Crippen LogP contribution in [0.2, 0.25) is 5.02 Å². The molecule has 0 fully saturated rings. The van der Waals surface area contributed by atoms with Gasteiger partial charge < -0.3 is 15.2 Å². The summed E-state index contributed by atoms with van der Waals surface area (Å²) in [6.07, 6.45) is 1.30. The molecule has 1 unspecified atom stereocenters. The van der Waals surface area contributed by atoms with E-state index in [0.717, 1.165) is 12.0 Å². The minimum atomic E-state index is -1.07. The molecule has 5 heteroatoms. The van der Waals surface area contributed by atoms with Gasteiger partial charge in [-0.05, 0) is 63.4 Å². The van der Waals surface area contributed by atoms with Crippen LogP contribution in [-0.2, 0) is 11.2 Å². The fourth-order valence-electron chi connectivity index (χ4n) is 2.47. The fraction of sp³-hybridized carbons (Fsp3) is 0.381. The lowest BCUT2D eigenvalue weighted by atomic mass is 9.96. The Hall–Kier alpha value is -2.04. The Morgan fingerprint density at radius 2 is 1.69 bits per heavy atom. The van der Waals surface area contributed by atoms with Gasteiger partial charge in [0.15, 0.2) is 5.60 Å². The van der Waals surface area contributed by atoms with Crippen molar-refractivity contribution in [1.29, 1.82) is 0 Å². The highest BCUT2D eigenvalue weighted by Crippen LogP contribution is 2.21. The van der Waals surface area contributed by atoms with Crippen molar-refractivity contribution < 1.29 is 14.6 Å². The molecule has 2 aromatic carbocycles. The number of aryl methyl sites for hydroxylation is 1. The van der Waals surface area contributed by atoms with Gasteiger partial charge in [0.1, 0.15) is 5.75 Å². The van der Waals surface area contributed by atoms with Gasteiger partial charge in [0, 0.05) is 11.6 Å². The number of hydrogen-bond acceptors (Lipinski definition) is 3. The summed E-state index contributed by atoms with van der Waals surface area (Å²) in [5.41, 5.74) is -0.906. The van der Waals surface area contributed by atoms with Crippen molar-refractivity contribution in [2.24, 2.45) is 0 Å². The predicted molar refractivity (Wildman–Crippen MR) is 105 cm³/mol. The molecule has 0 aliphatic carbocycles. The number of ether oxygens (including phenoxy) is 1. The second-order valence-corrected chi connectivity index (χ2v) is 7.67. The van der Waals surface area contributed by atoms with Crippen molar-refractivity contribution >= 4 is 17.5 Å². The molecule has 2 N–H and O–H groups in total. The first-order valence-electron chi connectivity index (χ1n) is 8.67. The highest BCUT2D eigenvalue weighted by Gasteiger charge is 2.31. The standard InChI is InChI=1S/C21H26ClNO3/c1-20(2,26-18-11-9-17(22)10-12-18)19(24)23-15-21(3,25)14-13-16-7-5-4-6-8-16/h4-12,25H,13-15H2,1-3H3,(H,23,24). The zero-order valence-electron chi connectivity index (χ0n) is 15.5. The number of benzene rings is 2.